The molecule has 0 aliphatic heterocycles. The van der Waals surface area contributed by atoms with Crippen molar-refractivity contribution in [2.45, 2.75) is 90.4 Å². The molecule has 0 bridgehead atoms. The molecule has 0 aromatic heterocycles. The quantitative estimate of drug-likeness (QED) is 0.462. The lowest BCUT2D eigenvalue weighted by atomic mass is 10.0. The van der Waals surface area contributed by atoms with Crippen LogP contribution in [0.2, 0.25) is 0 Å². The van der Waals surface area contributed by atoms with Crippen LogP contribution in [0.25, 0.3) is 0 Å². The molecule has 108 valence electrons. The summed E-state index contributed by atoms with van der Waals surface area (Å²) in [7, 11) is 0. The highest BCUT2D eigenvalue weighted by atomic mass is 14.8. The lowest BCUT2D eigenvalue weighted by Crippen LogP contribution is -2.07. The van der Waals surface area contributed by atoms with Gasteiger partial charge in [0, 0.05) is 0 Å². The van der Waals surface area contributed by atoms with Crippen LogP contribution in [0.4, 0.5) is 0 Å². The Hall–Kier alpha value is -0.660. The molecule has 0 amide bonds. The van der Waals surface area contributed by atoms with Gasteiger partial charge in [-0.15, -0.1) is 0 Å². The second-order valence-corrected chi connectivity index (χ2v) is 5.38. The summed E-state index contributed by atoms with van der Waals surface area (Å²) in [6.07, 6.45) is 19.7. The maximum absolute atomic E-state index is 5.37. The first kappa shape index (κ1) is 17.3. The summed E-state index contributed by atoms with van der Waals surface area (Å²) >= 11 is 0. The van der Waals surface area contributed by atoms with Crippen LogP contribution in [0, 0.1) is 0 Å². The number of unbranched alkanes of at least 4 members (excludes halogenated alkanes) is 12. The Kier molecular flexibility index (Phi) is 13.9. The number of hydrogen-bond acceptors (Lipinski definition) is 2. The van der Waals surface area contributed by atoms with Crippen LogP contribution in [0.1, 0.15) is 90.4 Å². The van der Waals surface area contributed by atoms with Crippen molar-refractivity contribution in [3.8, 4) is 0 Å². The van der Waals surface area contributed by atoms with E-state index < -0.39 is 0 Å². The molecule has 2 nitrogen and oxygen atoms in total. The molecular weight excluding hydrogens is 220 g/mol. The van der Waals surface area contributed by atoms with Gasteiger partial charge < -0.3 is 11.5 Å². The maximum atomic E-state index is 5.37. The van der Waals surface area contributed by atoms with Gasteiger partial charge in [-0.05, 0) is 18.9 Å². The van der Waals surface area contributed by atoms with Gasteiger partial charge in [-0.3, -0.25) is 0 Å². The van der Waals surface area contributed by atoms with Crippen molar-refractivity contribution in [2.75, 3.05) is 0 Å². The predicted octanol–water partition coefficient (Wildman–Crippen LogP) is 4.84. The fraction of sp³-hybridized carbons (Fsp3) is 0.875. The van der Waals surface area contributed by atoms with Crippen molar-refractivity contribution >= 4 is 0 Å². The summed E-state index contributed by atoms with van der Waals surface area (Å²) < 4.78 is 0. The third-order valence-electron chi connectivity index (χ3n) is 3.44. The van der Waals surface area contributed by atoms with E-state index in [9.17, 15) is 0 Å². The lowest BCUT2D eigenvalue weighted by molar-refractivity contribution is 0.544. The molecule has 0 heterocycles. The summed E-state index contributed by atoms with van der Waals surface area (Å²) in [5.41, 5.74) is 10.7. The van der Waals surface area contributed by atoms with Gasteiger partial charge in [-0.25, -0.2) is 0 Å². The number of allylic oxidation sites excluding steroid dienone is 1. The molecule has 0 atom stereocenters. The highest BCUT2D eigenvalue weighted by Crippen LogP contribution is 2.12. The molecule has 0 rings (SSSR count). The zero-order valence-corrected chi connectivity index (χ0v) is 12.4. The van der Waals surface area contributed by atoms with Gasteiger partial charge in [0.15, 0.2) is 0 Å². The van der Waals surface area contributed by atoms with Crippen LogP contribution in [-0.2, 0) is 0 Å². The topological polar surface area (TPSA) is 52.0 Å². The first-order valence-corrected chi connectivity index (χ1v) is 7.98. The molecule has 0 aliphatic rings. The maximum Gasteiger partial charge on any atom is 0.0892 e. The summed E-state index contributed by atoms with van der Waals surface area (Å²) in [5, 5.41) is 0. The first-order valence-electron chi connectivity index (χ1n) is 7.98. The Morgan fingerprint density at radius 1 is 0.667 bits per heavy atom. The standard InChI is InChI=1S/C16H34N2/c1-2-3-4-5-6-7-8-9-10-11-12-13-14-15-16(17)18/h15H,2-14,17-18H2,1H3. The van der Waals surface area contributed by atoms with Gasteiger partial charge in [0.05, 0.1) is 5.82 Å². The average molecular weight is 254 g/mol. The molecule has 0 unspecified atom stereocenters. The van der Waals surface area contributed by atoms with Crippen molar-refractivity contribution < 1.29 is 0 Å². The van der Waals surface area contributed by atoms with Gasteiger partial charge in [-0.2, -0.15) is 0 Å². The van der Waals surface area contributed by atoms with Gasteiger partial charge in [0.1, 0.15) is 0 Å². The third kappa shape index (κ3) is 15.3. The molecule has 0 spiro atoms. The second kappa shape index (κ2) is 14.4. The fourth-order valence-corrected chi connectivity index (χ4v) is 2.25. The molecule has 0 radical (unpaired) electrons. The van der Waals surface area contributed by atoms with Gasteiger partial charge >= 0.3 is 0 Å². The van der Waals surface area contributed by atoms with Crippen molar-refractivity contribution in [3.05, 3.63) is 11.9 Å². The van der Waals surface area contributed by atoms with E-state index in [1.165, 1.54) is 77.0 Å². The Bertz CT molecular complexity index is 184. The first-order chi connectivity index (χ1) is 8.77. The monoisotopic (exact) mass is 254 g/mol. The molecule has 2 heteroatoms. The number of hydrogen-bond donors (Lipinski definition) is 2. The van der Waals surface area contributed by atoms with Crippen LogP contribution in [0.3, 0.4) is 0 Å². The van der Waals surface area contributed by atoms with E-state index >= 15 is 0 Å². The normalized spacial score (nSPS) is 10.5. The van der Waals surface area contributed by atoms with Gasteiger partial charge in [-0.1, -0.05) is 77.6 Å². The number of rotatable bonds is 13. The van der Waals surface area contributed by atoms with Crippen molar-refractivity contribution in [1.82, 2.24) is 0 Å². The van der Waals surface area contributed by atoms with Crippen LogP contribution >= 0.6 is 0 Å². The second-order valence-electron chi connectivity index (χ2n) is 5.38. The smallest absolute Gasteiger partial charge is 0.0892 e. The van der Waals surface area contributed by atoms with Crippen LogP contribution in [0.15, 0.2) is 11.9 Å². The fourth-order valence-electron chi connectivity index (χ4n) is 2.25. The molecule has 0 fully saturated rings. The molecule has 0 aromatic carbocycles. The van der Waals surface area contributed by atoms with Gasteiger partial charge in [0.25, 0.3) is 0 Å². The predicted molar refractivity (Wildman–Crippen MR) is 82.2 cm³/mol. The van der Waals surface area contributed by atoms with Crippen molar-refractivity contribution in [1.29, 1.82) is 0 Å². The molecule has 0 aromatic rings. The summed E-state index contributed by atoms with van der Waals surface area (Å²) in [6.45, 7) is 2.28. The largest absolute Gasteiger partial charge is 0.386 e. The molecule has 18 heavy (non-hydrogen) atoms. The van der Waals surface area contributed by atoms with E-state index in [2.05, 4.69) is 6.92 Å². The highest BCUT2D eigenvalue weighted by Gasteiger charge is 1.93. The minimum Gasteiger partial charge on any atom is -0.386 e. The van der Waals surface area contributed by atoms with E-state index in [4.69, 9.17) is 11.5 Å². The van der Waals surface area contributed by atoms with Crippen molar-refractivity contribution in [2.24, 2.45) is 11.5 Å². The highest BCUT2D eigenvalue weighted by molar-refractivity contribution is 4.89. The van der Waals surface area contributed by atoms with E-state index in [1.54, 1.807) is 0 Å². The van der Waals surface area contributed by atoms with Crippen LogP contribution in [-0.4, -0.2) is 0 Å². The van der Waals surface area contributed by atoms with Crippen LogP contribution in [0.5, 0.6) is 0 Å². The minimum absolute atomic E-state index is 0.470. The number of nitrogens with two attached hydrogens (primary N) is 2. The Morgan fingerprint density at radius 3 is 1.44 bits per heavy atom. The van der Waals surface area contributed by atoms with E-state index in [1.807, 2.05) is 6.08 Å². The summed E-state index contributed by atoms with van der Waals surface area (Å²) in [6, 6.07) is 0. The molecule has 4 N–H and O–H groups in total. The molecule has 0 saturated heterocycles. The summed E-state index contributed by atoms with van der Waals surface area (Å²) in [4.78, 5) is 0. The SMILES string of the molecule is CCCCCCCCCCCCCCC=C(N)N. The Morgan fingerprint density at radius 2 is 1.06 bits per heavy atom. The average Bonchev–Trinajstić information content (AvgIpc) is 2.34. The third-order valence-corrected chi connectivity index (χ3v) is 3.44. The van der Waals surface area contributed by atoms with E-state index in [0.717, 1.165) is 6.42 Å². The van der Waals surface area contributed by atoms with Crippen LogP contribution < -0.4 is 11.5 Å². The molecule has 0 saturated carbocycles. The minimum atomic E-state index is 0.470. The molecular formula is C16H34N2. The Labute approximate surface area is 114 Å². The lowest BCUT2D eigenvalue weighted by Gasteiger charge is -2.02. The van der Waals surface area contributed by atoms with E-state index in [0.29, 0.717) is 5.82 Å². The molecule has 0 aliphatic carbocycles. The Balaban J connectivity index is 2.97. The van der Waals surface area contributed by atoms with Gasteiger partial charge in [0.2, 0.25) is 0 Å². The zero-order valence-electron chi connectivity index (χ0n) is 12.4. The zero-order chi connectivity index (χ0) is 13.5. The summed E-state index contributed by atoms with van der Waals surface area (Å²) in [5.74, 6) is 0.470. The van der Waals surface area contributed by atoms with E-state index in [-0.39, 0.29) is 0 Å². The van der Waals surface area contributed by atoms with Crippen molar-refractivity contribution in [3.63, 3.8) is 0 Å².